The molecule has 3 aromatic carbocycles. The predicted molar refractivity (Wildman–Crippen MR) is 135 cm³/mol. The van der Waals surface area contributed by atoms with Gasteiger partial charge >= 0.3 is 6.03 Å². The van der Waals surface area contributed by atoms with E-state index in [0.717, 1.165) is 16.2 Å². The van der Waals surface area contributed by atoms with Gasteiger partial charge in [-0.2, -0.15) is 0 Å². The molecule has 4 rings (SSSR count). The van der Waals surface area contributed by atoms with Crippen LogP contribution >= 0.6 is 0 Å². The molecule has 1 aliphatic heterocycles. The van der Waals surface area contributed by atoms with E-state index < -0.39 is 17.8 Å². The van der Waals surface area contributed by atoms with Crippen molar-refractivity contribution < 1.29 is 28.6 Å². The Morgan fingerprint density at radius 1 is 0.833 bits per heavy atom. The molecule has 0 unspecified atom stereocenters. The van der Waals surface area contributed by atoms with Crippen molar-refractivity contribution in [2.45, 2.75) is 13.8 Å². The van der Waals surface area contributed by atoms with Crippen LogP contribution in [-0.4, -0.2) is 37.7 Å². The Kier molecular flexibility index (Phi) is 7.65. The molecule has 1 N–H and O–H groups in total. The predicted octanol–water partition coefficient (Wildman–Crippen LogP) is 4.52. The Bertz CT molecular complexity index is 1300. The van der Waals surface area contributed by atoms with E-state index in [1.54, 1.807) is 36.4 Å². The molecule has 0 aliphatic carbocycles. The van der Waals surface area contributed by atoms with Crippen LogP contribution in [0, 0.1) is 6.92 Å². The lowest BCUT2D eigenvalue weighted by molar-refractivity contribution is -0.122. The Morgan fingerprint density at radius 3 is 2.36 bits per heavy atom. The number of nitrogens with zero attached hydrogens (tertiary/aromatic N) is 1. The quantitative estimate of drug-likeness (QED) is 0.272. The van der Waals surface area contributed by atoms with E-state index in [4.69, 9.17) is 14.2 Å². The zero-order valence-corrected chi connectivity index (χ0v) is 20.0. The van der Waals surface area contributed by atoms with Gasteiger partial charge in [0, 0.05) is 0 Å². The first-order valence-electron chi connectivity index (χ1n) is 11.5. The third-order valence-electron chi connectivity index (χ3n) is 5.29. The second-order valence-electron chi connectivity index (χ2n) is 7.95. The van der Waals surface area contributed by atoms with E-state index in [2.05, 4.69) is 5.32 Å². The minimum Gasteiger partial charge on any atom is -0.490 e. The Labute approximate surface area is 209 Å². The van der Waals surface area contributed by atoms with E-state index in [1.807, 2.05) is 50.2 Å². The molecule has 4 amide bonds. The van der Waals surface area contributed by atoms with Crippen LogP contribution in [0.2, 0.25) is 0 Å². The summed E-state index contributed by atoms with van der Waals surface area (Å²) >= 11 is 0. The van der Waals surface area contributed by atoms with Crippen molar-refractivity contribution in [3.8, 4) is 17.2 Å². The van der Waals surface area contributed by atoms with Crippen LogP contribution in [0.3, 0.4) is 0 Å². The topological polar surface area (TPSA) is 94.2 Å². The largest absolute Gasteiger partial charge is 0.490 e. The normalized spacial score (nSPS) is 14.6. The van der Waals surface area contributed by atoms with E-state index >= 15 is 0 Å². The summed E-state index contributed by atoms with van der Waals surface area (Å²) in [7, 11) is 0. The fourth-order valence-corrected chi connectivity index (χ4v) is 3.66. The van der Waals surface area contributed by atoms with Crippen LogP contribution in [0.5, 0.6) is 17.2 Å². The molecule has 8 heteroatoms. The highest BCUT2D eigenvalue weighted by molar-refractivity contribution is 6.39. The van der Waals surface area contributed by atoms with Crippen LogP contribution < -0.4 is 24.4 Å². The van der Waals surface area contributed by atoms with Crippen LogP contribution in [0.25, 0.3) is 6.08 Å². The molecule has 0 bridgehead atoms. The summed E-state index contributed by atoms with van der Waals surface area (Å²) in [5.41, 5.74) is 1.64. The number of carbonyl (C=O) groups excluding carboxylic acids is 3. The standard InChI is InChI=1S/C28H26N2O6/c1-3-34-25-18-20(12-13-24(25)36-15-14-35-22-10-5-4-6-11-22)17-23-26(31)29-28(33)30(27(23)32)21-9-7-8-19(2)16-21/h4-13,16-18H,3,14-15H2,1-2H3,(H,29,31,33)/b23-17+. The maximum Gasteiger partial charge on any atom is 0.335 e. The Hall–Kier alpha value is -4.59. The van der Waals surface area contributed by atoms with Gasteiger partial charge in [0.05, 0.1) is 12.3 Å². The maximum atomic E-state index is 13.1. The van der Waals surface area contributed by atoms with Crippen molar-refractivity contribution in [2.24, 2.45) is 0 Å². The Morgan fingerprint density at radius 2 is 1.61 bits per heavy atom. The summed E-state index contributed by atoms with van der Waals surface area (Å²) in [6.07, 6.45) is 1.43. The SMILES string of the molecule is CCOc1cc(/C=C2\C(=O)NC(=O)N(c3cccc(C)c3)C2=O)ccc1OCCOc1ccccc1. The van der Waals surface area contributed by atoms with E-state index in [-0.39, 0.29) is 5.57 Å². The van der Waals surface area contributed by atoms with Gasteiger partial charge in [-0.1, -0.05) is 36.4 Å². The highest BCUT2D eigenvalue weighted by Crippen LogP contribution is 2.30. The first kappa shape index (κ1) is 24.5. The van der Waals surface area contributed by atoms with Gasteiger partial charge in [0.15, 0.2) is 11.5 Å². The number of rotatable bonds is 9. The number of barbiturate groups is 1. The van der Waals surface area contributed by atoms with Crippen molar-refractivity contribution in [2.75, 3.05) is 24.7 Å². The molecule has 3 aromatic rings. The molecule has 0 radical (unpaired) electrons. The smallest absolute Gasteiger partial charge is 0.335 e. The van der Waals surface area contributed by atoms with Gasteiger partial charge in [0.2, 0.25) is 0 Å². The zero-order chi connectivity index (χ0) is 25.5. The summed E-state index contributed by atoms with van der Waals surface area (Å²) in [6.45, 7) is 4.73. The van der Waals surface area contributed by atoms with Gasteiger partial charge in [-0.15, -0.1) is 0 Å². The number of hydrogen-bond donors (Lipinski definition) is 1. The number of ether oxygens (including phenoxy) is 3. The first-order valence-corrected chi connectivity index (χ1v) is 11.5. The second kappa shape index (κ2) is 11.2. The lowest BCUT2D eigenvalue weighted by atomic mass is 10.1. The molecule has 8 nitrogen and oxygen atoms in total. The summed E-state index contributed by atoms with van der Waals surface area (Å²) in [4.78, 5) is 39.0. The van der Waals surface area contributed by atoms with Gasteiger partial charge in [0.1, 0.15) is 24.5 Å². The van der Waals surface area contributed by atoms with Crippen LogP contribution in [-0.2, 0) is 9.59 Å². The fraction of sp³-hybridized carbons (Fsp3) is 0.179. The van der Waals surface area contributed by atoms with E-state index in [0.29, 0.717) is 42.6 Å². The summed E-state index contributed by atoms with van der Waals surface area (Å²) in [5, 5.41) is 2.24. The Balaban J connectivity index is 1.52. The summed E-state index contributed by atoms with van der Waals surface area (Å²) in [6, 6.07) is 20.7. The number of nitrogens with one attached hydrogen (secondary N) is 1. The molecular weight excluding hydrogens is 460 g/mol. The molecule has 0 spiro atoms. The molecule has 0 saturated carbocycles. The van der Waals surface area contributed by atoms with Crippen LogP contribution in [0.1, 0.15) is 18.1 Å². The number of urea groups is 1. The van der Waals surface area contributed by atoms with Crippen molar-refractivity contribution >= 4 is 29.6 Å². The summed E-state index contributed by atoms with van der Waals surface area (Å²) in [5.74, 6) is 0.256. The average molecular weight is 487 g/mol. The molecule has 1 heterocycles. The number of hydrogen-bond acceptors (Lipinski definition) is 6. The molecule has 0 atom stereocenters. The first-order chi connectivity index (χ1) is 17.5. The number of amides is 4. The van der Waals surface area contributed by atoms with E-state index in [9.17, 15) is 14.4 Å². The summed E-state index contributed by atoms with van der Waals surface area (Å²) < 4.78 is 17.2. The van der Waals surface area contributed by atoms with Crippen molar-refractivity contribution in [3.05, 3.63) is 89.5 Å². The average Bonchev–Trinajstić information content (AvgIpc) is 2.86. The van der Waals surface area contributed by atoms with Gasteiger partial charge < -0.3 is 14.2 Å². The lowest BCUT2D eigenvalue weighted by Crippen LogP contribution is -2.54. The molecule has 0 aromatic heterocycles. The molecular formula is C28H26N2O6. The molecule has 1 saturated heterocycles. The number of para-hydroxylation sites is 1. The highest BCUT2D eigenvalue weighted by atomic mass is 16.5. The third-order valence-corrected chi connectivity index (χ3v) is 5.29. The maximum absolute atomic E-state index is 13.1. The second-order valence-corrected chi connectivity index (χ2v) is 7.95. The third kappa shape index (κ3) is 5.72. The minimum atomic E-state index is -0.788. The van der Waals surface area contributed by atoms with Crippen molar-refractivity contribution in [1.82, 2.24) is 5.32 Å². The number of benzene rings is 3. The molecule has 1 aliphatic rings. The van der Waals surface area contributed by atoms with Crippen molar-refractivity contribution in [1.29, 1.82) is 0 Å². The molecule has 184 valence electrons. The highest BCUT2D eigenvalue weighted by Gasteiger charge is 2.36. The molecule has 1 fully saturated rings. The number of carbonyl (C=O) groups is 3. The molecule has 36 heavy (non-hydrogen) atoms. The monoisotopic (exact) mass is 486 g/mol. The number of anilines is 1. The van der Waals surface area contributed by atoms with Gasteiger partial charge in [-0.25, -0.2) is 9.69 Å². The van der Waals surface area contributed by atoms with Gasteiger partial charge in [-0.05, 0) is 67.4 Å². The fourth-order valence-electron chi connectivity index (χ4n) is 3.66. The lowest BCUT2D eigenvalue weighted by Gasteiger charge is -2.26. The van der Waals surface area contributed by atoms with Crippen molar-refractivity contribution in [3.63, 3.8) is 0 Å². The minimum absolute atomic E-state index is 0.163. The van der Waals surface area contributed by atoms with Crippen LogP contribution in [0.4, 0.5) is 10.5 Å². The van der Waals surface area contributed by atoms with Gasteiger partial charge in [0.25, 0.3) is 11.8 Å². The van der Waals surface area contributed by atoms with Gasteiger partial charge in [-0.3, -0.25) is 14.9 Å². The van der Waals surface area contributed by atoms with E-state index in [1.165, 1.54) is 6.08 Å². The number of imide groups is 2. The van der Waals surface area contributed by atoms with Crippen LogP contribution in [0.15, 0.2) is 78.4 Å². The zero-order valence-electron chi connectivity index (χ0n) is 20.0. The number of aryl methyl sites for hydroxylation is 1.